The summed E-state index contributed by atoms with van der Waals surface area (Å²) < 4.78 is 14.8. The number of aliphatic hydroxyl groups is 1. The highest BCUT2D eigenvalue weighted by Gasteiger charge is 1.92. The molecule has 1 N–H and O–H groups in total. The predicted octanol–water partition coefficient (Wildman–Crippen LogP) is 0.601. The molecule has 0 heterocycles. The Morgan fingerprint density at radius 2 is 1.53 bits per heavy atom. The highest BCUT2D eigenvalue weighted by Crippen LogP contribution is 1.80. The molecule has 0 unspecified atom stereocenters. The lowest BCUT2D eigenvalue weighted by Crippen LogP contribution is -2.10. The Balaban J connectivity index is 0. The van der Waals surface area contributed by atoms with Gasteiger partial charge in [0.1, 0.15) is 6.61 Å². The summed E-state index contributed by atoms with van der Waals surface area (Å²) in [4.78, 5) is 10.3. The molecule has 0 atom stereocenters. The predicted molar refractivity (Wildman–Crippen MR) is 56.7 cm³/mol. The van der Waals surface area contributed by atoms with Crippen LogP contribution in [0.1, 0.15) is 20.8 Å². The van der Waals surface area contributed by atoms with Crippen molar-refractivity contribution < 1.29 is 24.1 Å². The zero-order chi connectivity index (χ0) is 11.9. The molecule has 92 valence electrons. The van der Waals surface area contributed by atoms with Crippen LogP contribution in [0.2, 0.25) is 0 Å². The molecule has 0 spiro atoms. The third kappa shape index (κ3) is 24.7. The van der Waals surface area contributed by atoms with Gasteiger partial charge >= 0.3 is 5.97 Å². The van der Waals surface area contributed by atoms with Gasteiger partial charge in [-0.2, -0.15) is 0 Å². The number of hydrogen-bond donors (Lipinski definition) is 1. The first-order chi connectivity index (χ1) is 7.18. The quantitative estimate of drug-likeness (QED) is 0.505. The molecule has 0 aliphatic rings. The maximum absolute atomic E-state index is 10.3. The minimum atomic E-state index is -0.275. The number of ether oxygens (including phenoxy) is 3. The third-order valence-corrected chi connectivity index (χ3v) is 1.11. The molecule has 0 rings (SSSR count). The zero-order valence-corrected chi connectivity index (χ0v) is 9.82. The summed E-state index contributed by atoms with van der Waals surface area (Å²) in [5.74, 6) is -0.275. The molecule has 0 saturated carbocycles. The fourth-order valence-electron chi connectivity index (χ4n) is 0.609. The van der Waals surface area contributed by atoms with Crippen LogP contribution in [0.25, 0.3) is 0 Å². The number of esters is 1. The average molecular weight is 222 g/mol. The Morgan fingerprint density at radius 1 is 1.07 bits per heavy atom. The van der Waals surface area contributed by atoms with Crippen molar-refractivity contribution >= 4 is 5.97 Å². The van der Waals surface area contributed by atoms with Gasteiger partial charge in [-0.25, -0.2) is 0 Å². The van der Waals surface area contributed by atoms with E-state index in [9.17, 15) is 4.79 Å². The van der Waals surface area contributed by atoms with Gasteiger partial charge in [0.25, 0.3) is 0 Å². The molecule has 0 aromatic rings. The second kappa shape index (κ2) is 15.8. The second-order valence-electron chi connectivity index (χ2n) is 2.47. The van der Waals surface area contributed by atoms with Gasteiger partial charge in [0, 0.05) is 20.1 Å². The van der Waals surface area contributed by atoms with Gasteiger partial charge in [-0.15, -0.1) is 0 Å². The summed E-state index contributed by atoms with van der Waals surface area (Å²) >= 11 is 0. The fraction of sp³-hybridized carbons (Fsp3) is 0.900. The second-order valence-corrected chi connectivity index (χ2v) is 2.47. The summed E-state index contributed by atoms with van der Waals surface area (Å²) in [6, 6.07) is 0. The van der Waals surface area contributed by atoms with Crippen molar-refractivity contribution in [3.63, 3.8) is 0 Å². The van der Waals surface area contributed by atoms with Crippen molar-refractivity contribution in [2.24, 2.45) is 0 Å². The summed E-state index contributed by atoms with van der Waals surface area (Å²) in [5, 5.41) is 7.57. The summed E-state index contributed by atoms with van der Waals surface area (Å²) in [7, 11) is 0. The molecule has 0 bridgehead atoms. The fourth-order valence-corrected chi connectivity index (χ4v) is 0.609. The molecule has 5 nitrogen and oxygen atoms in total. The standard InChI is InChI=1S/C8H16O4.C2H6O/c1-3-10-4-5-11-6-7-12-8(2)9;1-2-3/h3-7H2,1-2H3;3H,2H2,1H3. The first-order valence-electron chi connectivity index (χ1n) is 5.08. The minimum Gasteiger partial charge on any atom is -0.463 e. The average Bonchev–Trinajstić information content (AvgIpc) is 2.17. The molecule has 0 radical (unpaired) electrons. The van der Waals surface area contributed by atoms with E-state index in [0.29, 0.717) is 33.0 Å². The van der Waals surface area contributed by atoms with Crippen molar-refractivity contribution in [1.29, 1.82) is 0 Å². The van der Waals surface area contributed by atoms with Gasteiger partial charge in [0.2, 0.25) is 0 Å². The van der Waals surface area contributed by atoms with Gasteiger partial charge in [0.15, 0.2) is 0 Å². The molecule has 0 amide bonds. The van der Waals surface area contributed by atoms with Crippen LogP contribution in [-0.2, 0) is 19.0 Å². The number of carbonyl (C=O) groups is 1. The molecule has 0 aromatic heterocycles. The van der Waals surface area contributed by atoms with Crippen LogP contribution in [0.3, 0.4) is 0 Å². The van der Waals surface area contributed by atoms with E-state index in [-0.39, 0.29) is 12.6 Å². The molecule has 5 heteroatoms. The molecule has 15 heavy (non-hydrogen) atoms. The van der Waals surface area contributed by atoms with Crippen molar-refractivity contribution in [2.75, 3.05) is 39.6 Å². The van der Waals surface area contributed by atoms with Crippen LogP contribution >= 0.6 is 0 Å². The topological polar surface area (TPSA) is 65.0 Å². The SMILES string of the molecule is CCO.CCOCCOCCOC(C)=O. The number of hydrogen-bond acceptors (Lipinski definition) is 5. The van der Waals surface area contributed by atoms with Gasteiger partial charge in [-0.3, -0.25) is 4.79 Å². The van der Waals surface area contributed by atoms with E-state index in [1.165, 1.54) is 6.92 Å². The summed E-state index contributed by atoms with van der Waals surface area (Å²) in [5.41, 5.74) is 0. The van der Waals surface area contributed by atoms with Gasteiger partial charge in [-0.1, -0.05) is 0 Å². The van der Waals surface area contributed by atoms with E-state index in [1.807, 2.05) is 6.92 Å². The molecule has 0 aliphatic heterocycles. The Labute approximate surface area is 91.3 Å². The number of rotatable bonds is 7. The third-order valence-electron chi connectivity index (χ3n) is 1.11. The van der Waals surface area contributed by atoms with E-state index in [2.05, 4.69) is 4.74 Å². The zero-order valence-electron chi connectivity index (χ0n) is 9.82. The Kier molecular flexibility index (Phi) is 17.7. The van der Waals surface area contributed by atoms with Crippen molar-refractivity contribution in [1.82, 2.24) is 0 Å². The molecule has 0 fully saturated rings. The maximum atomic E-state index is 10.3. The van der Waals surface area contributed by atoms with E-state index < -0.39 is 0 Å². The van der Waals surface area contributed by atoms with Crippen molar-refractivity contribution in [3.05, 3.63) is 0 Å². The molecular weight excluding hydrogens is 200 g/mol. The Hall–Kier alpha value is -0.650. The number of aliphatic hydroxyl groups excluding tert-OH is 1. The van der Waals surface area contributed by atoms with Crippen molar-refractivity contribution in [2.45, 2.75) is 20.8 Å². The highest BCUT2D eigenvalue weighted by atomic mass is 16.6. The molecular formula is C10H22O5. The van der Waals surface area contributed by atoms with E-state index in [4.69, 9.17) is 14.6 Å². The van der Waals surface area contributed by atoms with Crippen LogP contribution in [0, 0.1) is 0 Å². The number of carbonyl (C=O) groups excluding carboxylic acids is 1. The molecule has 0 aliphatic carbocycles. The van der Waals surface area contributed by atoms with E-state index in [1.54, 1.807) is 6.92 Å². The monoisotopic (exact) mass is 222 g/mol. The van der Waals surface area contributed by atoms with Crippen LogP contribution in [0.5, 0.6) is 0 Å². The molecule has 0 saturated heterocycles. The normalized spacial score (nSPS) is 9.07. The van der Waals surface area contributed by atoms with Gasteiger partial charge in [0.05, 0.1) is 19.8 Å². The highest BCUT2D eigenvalue weighted by molar-refractivity contribution is 5.65. The van der Waals surface area contributed by atoms with E-state index >= 15 is 0 Å². The Bertz CT molecular complexity index is 127. The minimum absolute atomic E-state index is 0.250. The van der Waals surface area contributed by atoms with Crippen LogP contribution < -0.4 is 0 Å². The first kappa shape index (κ1) is 16.8. The molecule has 0 aromatic carbocycles. The van der Waals surface area contributed by atoms with Crippen LogP contribution in [0.15, 0.2) is 0 Å². The smallest absolute Gasteiger partial charge is 0.302 e. The Morgan fingerprint density at radius 3 is 2.00 bits per heavy atom. The van der Waals surface area contributed by atoms with E-state index in [0.717, 1.165) is 0 Å². The first-order valence-corrected chi connectivity index (χ1v) is 5.08. The maximum Gasteiger partial charge on any atom is 0.302 e. The van der Waals surface area contributed by atoms with Gasteiger partial charge < -0.3 is 19.3 Å². The van der Waals surface area contributed by atoms with Crippen molar-refractivity contribution in [3.8, 4) is 0 Å². The summed E-state index contributed by atoms with van der Waals surface area (Å²) in [6.45, 7) is 7.84. The summed E-state index contributed by atoms with van der Waals surface area (Å²) in [6.07, 6.45) is 0. The van der Waals surface area contributed by atoms with Gasteiger partial charge in [-0.05, 0) is 13.8 Å². The largest absolute Gasteiger partial charge is 0.463 e. The lowest BCUT2D eigenvalue weighted by atomic mass is 10.7. The van der Waals surface area contributed by atoms with Crippen LogP contribution in [-0.4, -0.2) is 50.7 Å². The lowest BCUT2D eigenvalue weighted by Gasteiger charge is -2.03. The lowest BCUT2D eigenvalue weighted by molar-refractivity contribution is -0.142. The van der Waals surface area contributed by atoms with Crippen LogP contribution in [0.4, 0.5) is 0 Å².